The number of benzene rings is 1. The average Bonchev–Trinajstić information content (AvgIpc) is 2.46. The van der Waals surface area contributed by atoms with Crippen molar-refractivity contribution in [3.05, 3.63) is 35.4 Å². The Morgan fingerprint density at radius 2 is 1.14 bits per heavy atom. The van der Waals surface area contributed by atoms with Gasteiger partial charge >= 0.3 is 0 Å². The minimum atomic E-state index is 0.888. The molecule has 0 saturated carbocycles. The Bertz CT molecular complexity index is 334. The van der Waals surface area contributed by atoms with Crippen molar-refractivity contribution in [1.82, 2.24) is 0 Å². The fraction of sp³-hybridized carbons (Fsp3) is 0.714. The zero-order chi connectivity index (χ0) is 15.3. The highest BCUT2D eigenvalue weighted by molar-refractivity contribution is 5.21. The Morgan fingerprint density at radius 1 is 0.667 bits per heavy atom. The molecule has 21 heavy (non-hydrogen) atoms. The summed E-state index contributed by atoms with van der Waals surface area (Å²) in [6.07, 6.45) is 15.6. The van der Waals surface area contributed by atoms with E-state index in [4.69, 9.17) is 0 Å². The first-order chi connectivity index (χ1) is 10.2. The van der Waals surface area contributed by atoms with Crippen LogP contribution in [-0.2, 0) is 6.42 Å². The van der Waals surface area contributed by atoms with E-state index in [1.165, 1.54) is 81.8 Å². The molecule has 1 rings (SSSR count). The highest BCUT2D eigenvalue weighted by Crippen LogP contribution is 2.14. The molecule has 0 amide bonds. The summed E-state index contributed by atoms with van der Waals surface area (Å²) in [4.78, 5) is 0. The third-order valence-corrected chi connectivity index (χ3v) is 4.37. The lowest BCUT2D eigenvalue weighted by Crippen LogP contribution is -1.88. The first-order valence-corrected chi connectivity index (χ1v) is 9.24. The monoisotopic (exact) mass is 288 g/mol. The molecule has 0 nitrogen and oxygen atoms in total. The third-order valence-electron chi connectivity index (χ3n) is 4.37. The number of hydrogen-bond acceptors (Lipinski definition) is 0. The van der Waals surface area contributed by atoms with Gasteiger partial charge in [-0.05, 0) is 31.2 Å². The molecule has 0 N–H and O–H groups in total. The molecule has 0 heteroatoms. The quantitative estimate of drug-likeness (QED) is 0.360. The van der Waals surface area contributed by atoms with Crippen LogP contribution in [0.15, 0.2) is 24.3 Å². The van der Waals surface area contributed by atoms with E-state index in [0.29, 0.717) is 0 Å². The van der Waals surface area contributed by atoms with Crippen LogP contribution in [0.25, 0.3) is 0 Å². The molecule has 0 unspecified atom stereocenters. The van der Waals surface area contributed by atoms with Crippen LogP contribution in [0.2, 0.25) is 0 Å². The Kier molecular flexibility index (Phi) is 10.3. The molecule has 0 fully saturated rings. The predicted molar refractivity (Wildman–Crippen MR) is 95.9 cm³/mol. The Morgan fingerprint density at radius 3 is 1.67 bits per heavy atom. The molecule has 0 aliphatic rings. The average molecular weight is 289 g/mol. The van der Waals surface area contributed by atoms with Gasteiger partial charge in [-0.25, -0.2) is 0 Å². The second-order valence-electron chi connectivity index (χ2n) is 7.10. The van der Waals surface area contributed by atoms with E-state index in [2.05, 4.69) is 45.0 Å². The van der Waals surface area contributed by atoms with Gasteiger partial charge in [0.05, 0.1) is 0 Å². The Balaban J connectivity index is 1.83. The van der Waals surface area contributed by atoms with Crippen molar-refractivity contribution in [2.75, 3.05) is 0 Å². The highest BCUT2D eigenvalue weighted by atomic mass is 14.0. The molecule has 0 saturated heterocycles. The largest absolute Gasteiger partial charge is 0.0628 e. The predicted octanol–water partition coefficient (Wildman–Crippen LogP) is 7.09. The summed E-state index contributed by atoms with van der Waals surface area (Å²) < 4.78 is 0. The van der Waals surface area contributed by atoms with E-state index in [-0.39, 0.29) is 0 Å². The molecule has 0 atom stereocenters. The van der Waals surface area contributed by atoms with Crippen LogP contribution in [0.3, 0.4) is 0 Å². The number of hydrogen-bond donors (Lipinski definition) is 0. The molecular weight excluding hydrogens is 252 g/mol. The van der Waals surface area contributed by atoms with Crippen molar-refractivity contribution in [3.8, 4) is 0 Å². The van der Waals surface area contributed by atoms with Gasteiger partial charge in [0.25, 0.3) is 0 Å². The van der Waals surface area contributed by atoms with E-state index in [1.54, 1.807) is 0 Å². The standard InChI is InChI=1S/C21H36/c1-19(2)13-11-9-7-5-4-6-8-10-12-14-21-17-15-20(3)16-18-21/h15-19H,4-14H2,1-3H3. The summed E-state index contributed by atoms with van der Waals surface area (Å²) >= 11 is 0. The SMILES string of the molecule is Cc1ccc(CCCCCCCCCCCC(C)C)cc1. The topological polar surface area (TPSA) is 0 Å². The molecule has 0 bridgehead atoms. The van der Waals surface area contributed by atoms with Gasteiger partial charge in [-0.2, -0.15) is 0 Å². The van der Waals surface area contributed by atoms with Crippen molar-refractivity contribution in [2.24, 2.45) is 5.92 Å². The maximum absolute atomic E-state index is 2.33. The van der Waals surface area contributed by atoms with Gasteiger partial charge in [0.15, 0.2) is 0 Å². The van der Waals surface area contributed by atoms with Crippen LogP contribution < -0.4 is 0 Å². The van der Waals surface area contributed by atoms with Crippen LogP contribution >= 0.6 is 0 Å². The zero-order valence-electron chi connectivity index (χ0n) is 14.7. The van der Waals surface area contributed by atoms with E-state index in [0.717, 1.165) is 5.92 Å². The molecular formula is C21H36. The summed E-state index contributed by atoms with van der Waals surface area (Å²) in [6.45, 7) is 6.82. The molecule has 120 valence electrons. The van der Waals surface area contributed by atoms with Gasteiger partial charge in [-0.1, -0.05) is 101 Å². The summed E-state index contributed by atoms with van der Waals surface area (Å²) in [5, 5.41) is 0. The normalized spacial score (nSPS) is 11.2. The first-order valence-electron chi connectivity index (χ1n) is 9.24. The molecule has 0 heterocycles. The lowest BCUT2D eigenvalue weighted by molar-refractivity contribution is 0.506. The van der Waals surface area contributed by atoms with Crippen LogP contribution in [0, 0.1) is 12.8 Å². The lowest BCUT2D eigenvalue weighted by atomic mass is 10.0. The number of aryl methyl sites for hydroxylation is 2. The Hall–Kier alpha value is -0.780. The highest BCUT2D eigenvalue weighted by Gasteiger charge is 1.96. The van der Waals surface area contributed by atoms with Crippen LogP contribution in [0.1, 0.15) is 89.2 Å². The Labute approximate surface area is 133 Å². The van der Waals surface area contributed by atoms with Gasteiger partial charge in [-0.15, -0.1) is 0 Å². The van der Waals surface area contributed by atoms with Crippen molar-refractivity contribution < 1.29 is 0 Å². The molecule has 0 aromatic heterocycles. The minimum absolute atomic E-state index is 0.888. The van der Waals surface area contributed by atoms with E-state index < -0.39 is 0 Å². The second kappa shape index (κ2) is 11.8. The van der Waals surface area contributed by atoms with E-state index in [1.807, 2.05) is 0 Å². The van der Waals surface area contributed by atoms with E-state index in [9.17, 15) is 0 Å². The van der Waals surface area contributed by atoms with Crippen LogP contribution in [0.5, 0.6) is 0 Å². The van der Waals surface area contributed by atoms with Crippen molar-refractivity contribution in [1.29, 1.82) is 0 Å². The molecule has 0 aliphatic carbocycles. The summed E-state index contributed by atoms with van der Waals surface area (Å²) in [6, 6.07) is 9.03. The molecule has 0 spiro atoms. The zero-order valence-corrected chi connectivity index (χ0v) is 14.7. The van der Waals surface area contributed by atoms with Crippen molar-refractivity contribution >= 4 is 0 Å². The minimum Gasteiger partial charge on any atom is -0.0628 e. The van der Waals surface area contributed by atoms with Gasteiger partial charge in [0.1, 0.15) is 0 Å². The van der Waals surface area contributed by atoms with Crippen molar-refractivity contribution in [3.63, 3.8) is 0 Å². The van der Waals surface area contributed by atoms with Gasteiger partial charge in [-0.3, -0.25) is 0 Å². The first kappa shape index (κ1) is 18.3. The summed E-state index contributed by atoms with van der Waals surface area (Å²) in [5.41, 5.74) is 2.87. The summed E-state index contributed by atoms with van der Waals surface area (Å²) in [7, 11) is 0. The maximum Gasteiger partial charge on any atom is -0.0279 e. The van der Waals surface area contributed by atoms with Gasteiger partial charge < -0.3 is 0 Å². The van der Waals surface area contributed by atoms with Crippen LogP contribution in [0.4, 0.5) is 0 Å². The fourth-order valence-corrected chi connectivity index (χ4v) is 2.87. The maximum atomic E-state index is 2.33. The smallest absolute Gasteiger partial charge is 0.0279 e. The molecule has 0 radical (unpaired) electrons. The third kappa shape index (κ3) is 10.6. The van der Waals surface area contributed by atoms with E-state index >= 15 is 0 Å². The fourth-order valence-electron chi connectivity index (χ4n) is 2.87. The van der Waals surface area contributed by atoms with Crippen LogP contribution in [-0.4, -0.2) is 0 Å². The lowest BCUT2D eigenvalue weighted by Gasteiger charge is -2.05. The molecule has 0 aliphatic heterocycles. The van der Waals surface area contributed by atoms with Gasteiger partial charge in [0.2, 0.25) is 0 Å². The van der Waals surface area contributed by atoms with Crippen molar-refractivity contribution in [2.45, 2.75) is 91.4 Å². The molecule has 1 aromatic rings. The number of unbranched alkanes of at least 4 members (excludes halogenated alkanes) is 8. The second-order valence-corrected chi connectivity index (χ2v) is 7.10. The summed E-state index contributed by atoms with van der Waals surface area (Å²) in [5.74, 6) is 0.888. The van der Waals surface area contributed by atoms with Gasteiger partial charge in [0, 0.05) is 0 Å². The molecule has 1 aromatic carbocycles. The number of rotatable bonds is 12.